The Morgan fingerprint density at radius 2 is 2.00 bits per heavy atom. The zero-order chi connectivity index (χ0) is 17.3. The number of benzene rings is 1. The lowest BCUT2D eigenvalue weighted by atomic mass is 9.98. The van der Waals surface area contributed by atoms with Crippen molar-refractivity contribution >= 4 is 5.82 Å². The van der Waals surface area contributed by atoms with E-state index in [-0.39, 0.29) is 0 Å². The summed E-state index contributed by atoms with van der Waals surface area (Å²) in [4.78, 5) is 9.22. The number of anilines is 1. The fourth-order valence-electron chi connectivity index (χ4n) is 3.93. The zero-order valence-corrected chi connectivity index (χ0v) is 14.7. The largest absolute Gasteiger partial charge is 0.487 e. The fourth-order valence-corrected chi connectivity index (χ4v) is 3.93. The normalized spacial score (nSPS) is 18.0. The first-order chi connectivity index (χ1) is 12.1. The van der Waals surface area contributed by atoms with Crippen molar-refractivity contribution in [3.63, 3.8) is 0 Å². The molecule has 0 saturated heterocycles. The molecule has 5 nitrogen and oxygen atoms in total. The SMILES string of the molecule is Cc1nc2c(c(NCCC3(O)CCCC3)n1)Cc1ccccc1OC2. The van der Waals surface area contributed by atoms with E-state index in [2.05, 4.69) is 21.4 Å². The van der Waals surface area contributed by atoms with E-state index >= 15 is 0 Å². The molecule has 0 unspecified atom stereocenters. The summed E-state index contributed by atoms with van der Waals surface area (Å²) in [6.45, 7) is 3.10. The Labute approximate surface area is 148 Å². The van der Waals surface area contributed by atoms with Crippen LogP contribution in [-0.4, -0.2) is 27.2 Å². The highest BCUT2D eigenvalue weighted by atomic mass is 16.5. The number of aliphatic hydroxyl groups is 1. The molecular formula is C20H25N3O2. The van der Waals surface area contributed by atoms with Crippen LogP contribution in [-0.2, 0) is 13.0 Å². The second kappa shape index (κ2) is 6.64. The molecule has 1 aromatic heterocycles. The Morgan fingerprint density at radius 3 is 2.84 bits per heavy atom. The molecule has 0 bridgehead atoms. The predicted molar refractivity (Wildman–Crippen MR) is 96.9 cm³/mol. The van der Waals surface area contributed by atoms with Crippen molar-refractivity contribution in [1.82, 2.24) is 9.97 Å². The molecule has 2 heterocycles. The summed E-state index contributed by atoms with van der Waals surface area (Å²) in [7, 11) is 0. The van der Waals surface area contributed by atoms with Gasteiger partial charge in [-0.25, -0.2) is 9.97 Å². The number of nitrogens with zero attached hydrogens (tertiary/aromatic N) is 2. The van der Waals surface area contributed by atoms with Gasteiger partial charge in [0.2, 0.25) is 0 Å². The van der Waals surface area contributed by atoms with Crippen molar-refractivity contribution < 1.29 is 9.84 Å². The van der Waals surface area contributed by atoms with Gasteiger partial charge in [0.05, 0.1) is 11.3 Å². The monoisotopic (exact) mass is 339 g/mol. The van der Waals surface area contributed by atoms with E-state index in [1.165, 1.54) is 0 Å². The van der Waals surface area contributed by atoms with Gasteiger partial charge in [0, 0.05) is 18.5 Å². The minimum atomic E-state index is -0.498. The molecule has 1 fully saturated rings. The van der Waals surface area contributed by atoms with E-state index in [4.69, 9.17) is 4.74 Å². The van der Waals surface area contributed by atoms with Crippen molar-refractivity contribution in [2.45, 2.75) is 57.7 Å². The van der Waals surface area contributed by atoms with Crippen molar-refractivity contribution in [1.29, 1.82) is 0 Å². The summed E-state index contributed by atoms with van der Waals surface area (Å²) < 4.78 is 5.93. The third kappa shape index (κ3) is 3.47. The average Bonchev–Trinajstić information content (AvgIpc) is 2.93. The number of fused-ring (bicyclic) bond motifs is 2. The lowest BCUT2D eigenvalue weighted by Crippen LogP contribution is -2.27. The van der Waals surface area contributed by atoms with Crippen LogP contribution in [0.1, 0.15) is 54.7 Å². The van der Waals surface area contributed by atoms with Crippen LogP contribution in [0.2, 0.25) is 0 Å². The van der Waals surface area contributed by atoms with Crippen molar-refractivity contribution in [2.75, 3.05) is 11.9 Å². The first-order valence-electron chi connectivity index (χ1n) is 9.16. The maximum atomic E-state index is 10.5. The molecule has 4 rings (SSSR count). The minimum Gasteiger partial charge on any atom is -0.487 e. The summed E-state index contributed by atoms with van der Waals surface area (Å²) in [5.74, 6) is 2.55. The van der Waals surface area contributed by atoms with Crippen molar-refractivity contribution in [3.05, 3.63) is 46.9 Å². The van der Waals surface area contributed by atoms with Gasteiger partial charge < -0.3 is 15.2 Å². The highest BCUT2D eigenvalue weighted by molar-refractivity contribution is 5.52. The molecule has 2 N–H and O–H groups in total. The first-order valence-corrected chi connectivity index (χ1v) is 9.16. The first kappa shape index (κ1) is 16.3. The van der Waals surface area contributed by atoms with E-state index in [1.807, 2.05) is 25.1 Å². The Hall–Kier alpha value is -2.14. The second-order valence-corrected chi connectivity index (χ2v) is 7.23. The van der Waals surface area contributed by atoms with E-state index in [9.17, 15) is 5.11 Å². The van der Waals surface area contributed by atoms with Crippen LogP contribution >= 0.6 is 0 Å². The average molecular weight is 339 g/mol. The molecule has 5 heteroatoms. The molecule has 0 spiro atoms. The number of hydrogen-bond donors (Lipinski definition) is 2. The summed E-state index contributed by atoms with van der Waals surface area (Å²) in [6.07, 6.45) is 5.61. The van der Waals surface area contributed by atoms with E-state index in [0.29, 0.717) is 6.61 Å². The van der Waals surface area contributed by atoms with Crippen LogP contribution in [0.15, 0.2) is 24.3 Å². The van der Waals surface area contributed by atoms with Crippen LogP contribution in [0.5, 0.6) is 5.75 Å². The molecule has 2 aliphatic rings. The molecule has 1 aliphatic heterocycles. The van der Waals surface area contributed by atoms with Crippen LogP contribution in [0.25, 0.3) is 0 Å². The smallest absolute Gasteiger partial charge is 0.133 e. The van der Waals surface area contributed by atoms with Crippen LogP contribution in [0, 0.1) is 6.92 Å². The molecule has 1 aliphatic carbocycles. The van der Waals surface area contributed by atoms with Gasteiger partial charge in [-0.05, 0) is 37.8 Å². The number of hydrogen-bond acceptors (Lipinski definition) is 5. The molecule has 1 saturated carbocycles. The van der Waals surface area contributed by atoms with Gasteiger partial charge in [-0.3, -0.25) is 0 Å². The van der Waals surface area contributed by atoms with E-state index < -0.39 is 5.60 Å². The van der Waals surface area contributed by atoms with Crippen LogP contribution < -0.4 is 10.1 Å². The summed E-state index contributed by atoms with van der Waals surface area (Å²) in [5, 5.41) is 14.0. The van der Waals surface area contributed by atoms with Gasteiger partial charge in [-0.15, -0.1) is 0 Å². The lowest BCUT2D eigenvalue weighted by Gasteiger charge is -2.22. The van der Waals surface area contributed by atoms with Gasteiger partial charge in [0.1, 0.15) is 24.0 Å². The van der Waals surface area contributed by atoms with Gasteiger partial charge >= 0.3 is 0 Å². The van der Waals surface area contributed by atoms with Crippen molar-refractivity contribution in [2.24, 2.45) is 0 Å². The summed E-state index contributed by atoms with van der Waals surface area (Å²) in [5.41, 5.74) is 2.72. The third-order valence-corrected chi connectivity index (χ3v) is 5.33. The van der Waals surface area contributed by atoms with Crippen molar-refractivity contribution in [3.8, 4) is 5.75 Å². The standard InChI is InChI=1S/C20H25N3O2/c1-14-22-17-13-25-18-7-3-2-6-15(18)12-16(17)19(23-14)21-11-10-20(24)8-4-5-9-20/h2-3,6-7,24H,4-5,8-13H2,1H3,(H,21,22,23). The molecule has 0 atom stereocenters. The molecule has 2 aromatic rings. The molecule has 132 valence electrons. The van der Waals surface area contributed by atoms with E-state index in [1.54, 1.807) is 0 Å². The summed E-state index contributed by atoms with van der Waals surface area (Å²) in [6, 6.07) is 8.12. The van der Waals surface area contributed by atoms with Crippen LogP contribution in [0.3, 0.4) is 0 Å². The zero-order valence-electron chi connectivity index (χ0n) is 14.7. The number of aryl methyl sites for hydroxylation is 1. The lowest BCUT2D eigenvalue weighted by molar-refractivity contribution is 0.0424. The number of nitrogens with one attached hydrogen (secondary N) is 1. The topological polar surface area (TPSA) is 67.3 Å². The number of rotatable bonds is 4. The Morgan fingerprint density at radius 1 is 1.20 bits per heavy atom. The Balaban J connectivity index is 1.56. The molecule has 1 aromatic carbocycles. The fraction of sp³-hybridized carbons (Fsp3) is 0.500. The highest BCUT2D eigenvalue weighted by Crippen LogP contribution is 2.33. The third-order valence-electron chi connectivity index (χ3n) is 5.33. The maximum absolute atomic E-state index is 10.5. The van der Waals surface area contributed by atoms with Gasteiger partial charge in [-0.2, -0.15) is 0 Å². The number of para-hydroxylation sites is 1. The maximum Gasteiger partial charge on any atom is 0.133 e. The van der Waals surface area contributed by atoms with Gasteiger partial charge in [0.15, 0.2) is 0 Å². The minimum absolute atomic E-state index is 0.467. The second-order valence-electron chi connectivity index (χ2n) is 7.23. The predicted octanol–water partition coefficient (Wildman–Crippen LogP) is 3.38. The molecule has 25 heavy (non-hydrogen) atoms. The molecular weight excluding hydrogens is 314 g/mol. The highest BCUT2D eigenvalue weighted by Gasteiger charge is 2.30. The van der Waals surface area contributed by atoms with Gasteiger partial charge in [-0.1, -0.05) is 31.0 Å². The van der Waals surface area contributed by atoms with Crippen LogP contribution in [0.4, 0.5) is 5.82 Å². The molecule has 0 radical (unpaired) electrons. The Kier molecular flexibility index (Phi) is 4.34. The number of aromatic nitrogens is 2. The van der Waals surface area contributed by atoms with Gasteiger partial charge in [0.25, 0.3) is 0 Å². The quantitative estimate of drug-likeness (QED) is 0.894. The Bertz CT molecular complexity index is 770. The number of ether oxygens (including phenoxy) is 1. The van der Waals surface area contributed by atoms with E-state index in [0.717, 1.165) is 79.3 Å². The molecule has 0 amide bonds. The summed E-state index contributed by atoms with van der Waals surface area (Å²) >= 11 is 0.